The van der Waals surface area contributed by atoms with Crippen molar-refractivity contribution in [1.82, 2.24) is 20.2 Å². The monoisotopic (exact) mass is 509 g/mol. The third kappa shape index (κ3) is 3.36. The number of thiophene rings is 1. The number of alkyl halides is 1. The van der Waals surface area contributed by atoms with Gasteiger partial charge in [-0.15, -0.1) is 11.3 Å². The Balaban J connectivity index is 1.17. The largest absolute Gasteiger partial charge is 0.461 e. The van der Waals surface area contributed by atoms with E-state index in [2.05, 4.69) is 21.2 Å². The number of nitrogen functional groups attached to an aromatic ring is 1. The molecule has 3 fully saturated rings. The van der Waals surface area contributed by atoms with E-state index in [9.17, 15) is 9.65 Å². The van der Waals surface area contributed by atoms with Gasteiger partial charge in [-0.1, -0.05) is 0 Å². The number of nitriles is 1. The molecule has 0 bridgehead atoms. The summed E-state index contributed by atoms with van der Waals surface area (Å²) in [7, 11) is 0. The Morgan fingerprint density at radius 2 is 2.14 bits per heavy atom. The number of hydrogen-bond donors (Lipinski definition) is 2. The number of nitrogens with two attached hydrogens (primary N) is 1. The van der Waals surface area contributed by atoms with E-state index in [1.54, 1.807) is 11.3 Å². The van der Waals surface area contributed by atoms with E-state index >= 15 is 0 Å². The van der Waals surface area contributed by atoms with Gasteiger partial charge in [-0.25, -0.2) is 4.39 Å². The molecule has 10 heteroatoms. The van der Waals surface area contributed by atoms with E-state index in [1.165, 1.54) is 16.0 Å². The molecule has 190 valence electrons. The molecule has 8 nitrogen and oxygen atoms in total. The predicted octanol–water partition coefficient (Wildman–Crippen LogP) is 2.69. The molecular weight excluding hydrogens is 477 g/mol. The summed E-state index contributed by atoms with van der Waals surface area (Å²) in [6, 6.07) is 2.77. The summed E-state index contributed by atoms with van der Waals surface area (Å²) < 4.78 is 20.5. The SMILES string of the molecule is N#Cc1c(N)sc2c1C1(CC2)CN(c2nc(OC[C@@]34CCCN3C[C@H](F)C4)nc3c2CCCNC3)C1. The second kappa shape index (κ2) is 8.27. The van der Waals surface area contributed by atoms with E-state index in [0.29, 0.717) is 42.7 Å². The fraction of sp³-hybridized carbons (Fsp3) is 0.654. The third-order valence-corrected chi connectivity index (χ3v) is 10.2. The standard InChI is InChI=1S/C26H32FN7OS/c27-16-9-26(5-2-8-34(26)12-16)15-35-24-31-19-11-30-7-1-3-17(19)23(32-24)33-13-25(14-33)6-4-20-21(25)18(10-28)22(29)36-20/h16,30H,1-9,11-15,29H2/t16-,26+/m1/s1. The van der Waals surface area contributed by atoms with Crippen molar-refractivity contribution in [2.45, 2.75) is 68.6 Å². The summed E-state index contributed by atoms with van der Waals surface area (Å²) in [6.07, 6.45) is 5.84. The van der Waals surface area contributed by atoms with Crippen LogP contribution in [-0.2, 0) is 24.8 Å². The van der Waals surface area contributed by atoms with Crippen molar-refractivity contribution in [2.75, 3.05) is 50.0 Å². The van der Waals surface area contributed by atoms with Crippen LogP contribution in [0.4, 0.5) is 15.2 Å². The van der Waals surface area contributed by atoms with Gasteiger partial charge in [0.25, 0.3) is 0 Å². The molecule has 1 aliphatic carbocycles. The van der Waals surface area contributed by atoms with Crippen LogP contribution in [0.2, 0.25) is 0 Å². The molecule has 0 amide bonds. The van der Waals surface area contributed by atoms with Crippen LogP contribution in [0.3, 0.4) is 0 Å². The molecule has 2 aromatic rings. The summed E-state index contributed by atoms with van der Waals surface area (Å²) in [4.78, 5) is 15.7. The molecule has 36 heavy (non-hydrogen) atoms. The van der Waals surface area contributed by atoms with Crippen molar-refractivity contribution in [2.24, 2.45) is 0 Å². The van der Waals surface area contributed by atoms with Crippen LogP contribution in [0.1, 0.15) is 59.4 Å². The van der Waals surface area contributed by atoms with Gasteiger partial charge in [-0.05, 0) is 57.2 Å². The summed E-state index contributed by atoms with van der Waals surface area (Å²) >= 11 is 1.58. The zero-order chi connectivity index (χ0) is 24.5. The van der Waals surface area contributed by atoms with Gasteiger partial charge in [0.05, 0.1) is 16.8 Å². The molecule has 5 aliphatic rings. The van der Waals surface area contributed by atoms with E-state index in [0.717, 1.165) is 76.2 Å². The highest BCUT2D eigenvalue weighted by Crippen LogP contribution is 2.53. The zero-order valence-corrected chi connectivity index (χ0v) is 21.3. The fourth-order valence-corrected chi connectivity index (χ4v) is 8.58. The minimum atomic E-state index is -0.778. The number of rotatable bonds is 4. The van der Waals surface area contributed by atoms with Gasteiger partial charge in [0.1, 0.15) is 29.7 Å². The molecule has 6 heterocycles. The highest BCUT2D eigenvalue weighted by atomic mass is 32.1. The molecule has 2 aromatic heterocycles. The number of aromatic nitrogens is 2. The second-order valence-electron chi connectivity index (χ2n) is 11.3. The average Bonchev–Trinajstić information content (AvgIpc) is 3.50. The highest BCUT2D eigenvalue weighted by molar-refractivity contribution is 7.16. The molecule has 1 spiro atoms. The number of nitrogens with zero attached hydrogens (tertiary/aromatic N) is 5. The Kier molecular flexibility index (Phi) is 5.21. The molecule has 3 saturated heterocycles. The van der Waals surface area contributed by atoms with E-state index in [1.807, 2.05) is 0 Å². The van der Waals surface area contributed by atoms with Crippen LogP contribution < -0.4 is 20.7 Å². The van der Waals surface area contributed by atoms with E-state index in [-0.39, 0.29) is 11.0 Å². The van der Waals surface area contributed by atoms with Crippen LogP contribution in [0.25, 0.3) is 0 Å². The summed E-state index contributed by atoms with van der Waals surface area (Å²) in [5.74, 6) is 0.968. The zero-order valence-electron chi connectivity index (χ0n) is 20.5. The normalized spacial score (nSPS) is 28.3. The first kappa shape index (κ1) is 22.7. The maximum Gasteiger partial charge on any atom is 0.318 e. The summed E-state index contributed by atoms with van der Waals surface area (Å²) in [5, 5.41) is 13.9. The third-order valence-electron chi connectivity index (χ3n) is 9.12. The van der Waals surface area contributed by atoms with Crippen LogP contribution >= 0.6 is 11.3 Å². The van der Waals surface area contributed by atoms with Gasteiger partial charge in [0.15, 0.2) is 0 Å². The molecule has 0 unspecified atom stereocenters. The molecular formula is C26H32FN7OS. The summed E-state index contributed by atoms with van der Waals surface area (Å²) in [6.45, 7) is 5.22. The summed E-state index contributed by atoms with van der Waals surface area (Å²) in [5.41, 5.74) is 10.0. The number of aryl methyl sites for hydroxylation is 1. The van der Waals surface area contributed by atoms with Crippen LogP contribution in [0, 0.1) is 11.3 Å². The number of halogens is 1. The highest BCUT2D eigenvalue weighted by Gasteiger charge is 2.52. The van der Waals surface area contributed by atoms with Gasteiger partial charge < -0.3 is 20.7 Å². The van der Waals surface area contributed by atoms with Gasteiger partial charge in [0, 0.05) is 48.5 Å². The fourth-order valence-electron chi connectivity index (χ4n) is 7.44. The second-order valence-corrected chi connectivity index (χ2v) is 12.4. The Hall–Kier alpha value is -2.48. The smallest absolute Gasteiger partial charge is 0.318 e. The first-order valence-corrected chi connectivity index (χ1v) is 14.0. The van der Waals surface area contributed by atoms with Crippen molar-refractivity contribution in [3.63, 3.8) is 0 Å². The lowest BCUT2D eigenvalue weighted by Crippen LogP contribution is -2.59. The van der Waals surface area contributed by atoms with Gasteiger partial charge in [0.2, 0.25) is 0 Å². The maximum atomic E-state index is 14.2. The Bertz CT molecular complexity index is 1250. The lowest BCUT2D eigenvalue weighted by molar-refractivity contribution is 0.107. The topological polar surface area (TPSA) is 103 Å². The molecule has 7 rings (SSSR count). The number of ether oxygens (including phenoxy) is 1. The number of fused-ring (bicyclic) bond motifs is 4. The quantitative estimate of drug-likeness (QED) is 0.649. The molecule has 0 radical (unpaired) electrons. The molecule has 0 saturated carbocycles. The lowest BCUT2D eigenvalue weighted by atomic mass is 9.73. The lowest BCUT2D eigenvalue weighted by Gasteiger charge is -2.50. The van der Waals surface area contributed by atoms with Crippen LogP contribution in [0.15, 0.2) is 0 Å². The van der Waals surface area contributed by atoms with Gasteiger partial charge >= 0.3 is 6.01 Å². The predicted molar refractivity (Wildman–Crippen MR) is 136 cm³/mol. The van der Waals surface area contributed by atoms with Gasteiger partial charge in [-0.2, -0.15) is 15.2 Å². The number of hydrogen-bond acceptors (Lipinski definition) is 9. The Labute approximate surface area is 214 Å². The average molecular weight is 510 g/mol. The Morgan fingerprint density at radius 3 is 3.00 bits per heavy atom. The number of anilines is 2. The van der Waals surface area contributed by atoms with Gasteiger partial charge in [-0.3, -0.25) is 4.90 Å². The van der Waals surface area contributed by atoms with Crippen molar-refractivity contribution in [3.8, 4) is 12.1 Å². The first-order valence-electron chi connectivity index (χ1n) is 13.2. The molecule has 0 aromatic carbocycles. The van der Waals surface area contributed by atoms with Crippen LogP contribution in [0.5, 0.6) is 6.01 Å². The van der Waals surface area contributed by atoms with Crippen molar-refractivity contribution in [3.05, 3.63) is 27.3 Å². The maximum absolute atomic E-state index is 14.2. The van der Waals surface area contributed by atoms with E-state index in [4.69, 9.17) is 20.4 Å². The van der Waals surface area contributed by atoms with Crippen LogP contribution in [-0.4, -0.2) is 65.9 Å². The minimum absolute atomic E-state index is 0.0142. The van der Waals surface area contributed by atoms with E-state index < -0.39 is 6.17 Å². The van der Waals surface area contributed by atoms with Crippen molar-refractivity contribution < 1.29 is 9.13 Å². The number of nitrogens with one attached hydrogen (secondary N) is 1. The molecule has 2 atom stereocenters. The molecule has 4 aliphatic heterocycles. The molecule has 3 N–H and O–H groups in total. The van der Waals surface area contributed by atoms with Crippen molar-refractivity contribution >= 4 is 22.2 Å². The minimum Gasteiger partial charge on any atom is -0.461 e. The van der Waals surface area contributed by atoms with Crippen molar-refractivity contribution in [1.29, 1.82) is 5.26 Å². The Morgan fingerprint density at radius 1 is 1.25 bits per heavy atom. The first-order chi connectivity index (χ1) is 17.5.